The van der Waals surface area contributed by atoms with Crippen molar-refractivity contribution in [1.82, 2.24) is 9.78 Å². The van der Waals surface area contributed by atoms with Crippen LogP contribution in [0.2, 0.25) is 0 Å². The first-order valence-corrected chi connectivity index (χ1v) is 6.95. The van der Waals surface area contributed by atoms with Crippen molar-refractivity contribution in [3.8, 4) is 0 Å². The molecule has 1 atom stereocenters. The fourth-order valence-electron chi connectivity index (χ4n) is 2.63. The summed E-state index contributed by atoms with van der Waals surface area (Å²) in [6.45, 7) is 5.93. The predicted octanol–water partition coefficient (Wildman–Crippen LogP) is 3.12. The zero-order valence-electron chi connectivity index (χ0n) is 11.3. The normalized spacial score (nSPS) is 20.6. The largest absolute Gasteiger partial charge is 0.395 e. The molecule has 0 amide bonds. The van der Waals surface area contributed by atoms with Crippen molar-refractivity contribution in [1.29, 1.82) is 0 Å². The molecule has 0 bridgehead atoms. The minimum Gasteiger partial charge on any atom is -0.395 e. The molecule has 1 fully saturated rings. The Morgan fingerprint density at radius 1 is 1.50 bits per heavy atom. The van der Waals surface area contributed by atoms with Crippen LogP contribution in [0.15, 0.2) is 24.9 Å². The molecule has 3 nitrogen and oxygen atoms in total. The second-order valence-corrected chi connectivity index (χ2v) is 5.77. The third-order valence-corrected chi connectivity index (χ3v) is 4.05. The number of rotatable bonds is 5. The van der Waals surface area contributed by atoms with E-state index in [1.165, 1.54) is 32.1 Å². The Hall–Kier alpha value is -1.09. The highest BCUT2D eigenvalue weighted by atomic mass is 16.3. The van der Waals surface area contributed by atoms with Gasteiger partial charge in [0, 0.05) is 18.0 Å². The maximum atomic E-state index is 9.40. The molecule has 3 heteroatoms. The summed E-state index contributed by atoms with van der Waals surface area (Å²) in [6, 6.07) is 2.66. The van der Waals surface area contributed by atoms with E-state index in [1.54, 1.807) is 0 Å². The highest BCUT2D eigenvalue weighted by Crippen LogP contribution is 2.28. The summed E-state index contributed by atoms with van der Waals surface area (Å²) in [5.41, 5.74) is 0.795. The molecule has 0 radical (unpaired) electrons. The molecule has 1 aromatic heterocycles. The standard InChI is InChI=1S/C15H24N2O/c1-3-15(2,12-18)11-13-9-10-17(16-13)14-7-5-4-6-8-14/h3,9-10,14,18H,1,4-8,11-12H2,2H3. The second kappa shape index (κ2) is 5.70. The lowest BCUT2D eigenvalue weighted by Gasteiger charge is -2.23. The fraction of sp³-hybridized carbons (Fsp3) is 0.667. The lowest BCUT2D eigenvalue weighted by molar-refractivity contribution is 0.183. The second-order valence-electron chi connectivity index (χ2n) is 5.77. The number of hydrogen-bond donors (Lipinski definition) is 1. The molecule has 1 unspecified atom stereocenters. The van der Waals surface area contributed by atoms with Crippen molar-refractivity contribution < 1.29 is 5.11 Å². The fourth-order valence-corrected chi connectivity index (χ4v) is 2.63. The van der Waals surface area contributed by atoms with E-state index in [4.69, 9.17) is 0 Å². The highest BCUT2D eigenvalue weighted by molar-refractivity contribution is 5.07. The van der Waals surface area contributed by atoms with E-state index in [9.17, 15) is 5.11 Å². The summed E-state index contributed by atoms with van der Waals surface area (Å²) in [4.78, 5) is 0. The summed E-state index contributed by atoms with van der Waals surface area (Å²) >= 11 is 0. The number of aliphatic hydroxyl groups is 1. The van der Waals surface area contributed by atoms with E-state index in [0.29, 0.717) is 6.04 Å². The van der Waals surface area contributed by atoms with Gasteiger partial charge in [-0.25, -0.2) is 0 Å². The first kappa shape index (κ1) is 13.3. The van der Waals surface area contributed by atoms with E-state index < -0.39 is 0 Å². The van der Waals surface area contributed by atoms with Gasteiger partial charge in [-0.15, -0.1) is 6.58 Å². The summed E-state index contributed by atoms with van der Waals surface area (Å²) in [6.07, 6.45) is 11.2. The molecular formula is C15H24N2O. The van der Waals surface area contributed by atoms with E-state index in [1.807, 2.05) is 13.0 Å². The van der Waals surface area contributed by atoms with Crippen LogP contribution < -0.4 is 0 Å². The van der Waals surface area contributed by atoms with Crippen molar-refractivity contribution in [2.75, 3.05) is 6.61 Å². The van der Waals surface area contributed by atoms with Crippen molar-refractivity contribution in [2.45, 2.75) is 51.5 Å². The highest BCUT2D eigenvalue weighted by Gasteiger charge is 2.22. The Morgan fingerprint density at radius 3 is 2.83 bits per heavy atom. The van der Waals surface area contributed by atoms with Gasteiger partial charge in [-0.2, -0.15) is 5.10 Å². The van der Waals surface area contributed by atoms with Crippen LogP contribution in [0.3, 0.4) is 0 Å². The van der Waals surface area contributed by atoms with Gasteiger partial charge in [-0.05, 0) is 18.9 Å². The molecule has 1 aliphatic carbocycles. The molecule has 1 aliphatic rings. The molecule has 0 aliphatic heterocycles. The first-order chi connectivity index (χ1) is 8.67. The number of hydrogen-bond acceptors (Lipinski definition) is 2. The number of aliphatic hydroxyl groups excluding tert-OH is 1. The third-order valence-electron chi connectivity index (χ3n) is 4.05. The lowest BCUT2D eigenvalue weighted by Crippen LogP contribution is -2.22. The number of nitrogens with zero attached hydrogens (tertiary/aromatic N) is 2. The molecular weight excluding hydrogens is 224 g/mol. The van der Waals surface area contributed by atoms with Crippen LogP contribution in [0.5, 0.6) is 0 Å². The van der Waals surface area contributed by atoms with Gasteiger partial charge >= 0.3 is 0 Å². The van der Waals surface area contributed by atoms with Crippen molar-refractivity contribution in [2.24, 2.45) is 5.41 Å². The van der Waals surface area contributed by atoms with Crippen LogP contribution in [0.4, 0.5) is 0 Å². The lowest BCUT2D eigenvalue weighted by atomic mass is 9.87. The topological polar surface area (TPSA) is 38.0 Å². The van der Waals surface area contributed by atoms with E-state index in [2.05, 4.69) is 28.6 Å². The monoisotopic (exact) mass is 248 g/mol. The average Bonchev–Trinajstić information content (AvgIpc) is 2.88. The third kappa shape index (κ3) is 3.02. The van der Waals surface area contributed by atoms with Crippen molar-refractivity contribution >= 4 is 0 Å². The summed E-state index contributed by atoms with van der Waals surface area (Å²) < 4.78 is 2.12. The summed E-state index contributed by atoms with van der Waals surface area (Å²) in [5, 5.41) is 14.1. The van der Waals surface area contributed by atoms with Gasteiger partial charge in [-0.3, -0.25) is 4.68 Å². The van der Waals surface area contributed by atoms with Gasteiger partial charge in [0.2, 0.25) is 0 Å². The van der Waals surface area contributed by atoms with Gasteiger partial charge in [-0.1, -0.05) is 32.3 Å². The average molecular weight is 248 g/mol. The minimum absolute atomic E-state index is 0.118. The quantitative estimate of drug-likeness (QED) is 0.813. The molecule has 1 N–H and O–H groups in total. The SMILES string of the molecule is C=CC(C)(CO)Cc1ccn(C2CCCCC2)n1. The van der Waals surface area contributed by atoms with Crippen LogP contribution in [-0.4, -0.2) is 21.5 Å². The molecule has 2 rings (SSSR count). The van der Waals surface area contributed by atoms with E-state index >= 15 is 0 Å². The first-order valence-electron chi connectivity index (χ1n) is 6.95. The molecule has 100 valence electrons. The maximum Gasteiger partial charge on any atom is 0.0634 e. The van der Waals surface area contributed by atoms with Gasteiger partial charge in [0.1, 0.15) is 0 Å². The summed E-state index contributed by atoms with van der Waals surface area (Å²) in [7, 11) is 0. The predicted molar refractivity (Wildman–Crippen MR) is 73.4 cm³/mol. The molecule has 0 aromatic carbocycles. The van der Waals surface area contributed by atoms with Crippen LogP contribution in [0.25, 0.3) is 0 Å². The Balaban J connectivity index is 2.03. The Bertz CT molecular complexity index is 393. The minimum atomic E-state index is -0.258. The van der Waals surface area contributed by atoms with Gasteiger partial charge in [0.15, 0.2) is 0 Å². The van der Waals surface area contributed by atoms with Crippen LogP contribution in [-0.2, 0) is 6.42 Å². The molecule has 0 saturated heterocycles. The molecule has 1 aromatic rings. The van der Waals surface area contributed by atoms with Gasteiger partial charge in [0.05, 0.1) is 18.3 Å². The summed E-state index contributed by atoms with van der Waals surface area (Å²) in [5.74, 6) is 0. The Morgan fingerprint density at radius 2 is 2.22 bits per heavy atom. The van der Waals surface area contributed by atoms with Gasteiger partial charge < -0.3 is 5.11 Å². The smallest absolute Gasteiger partial charge is 0.0634 e. The molecule has 1 heterocycles. The molecule has 1 saturated carbocycles. The maximum absolute atomic E-state index is 9.40. The Labute approximate surface area is 110 Å². The van der Waals surface area contributed by atoms with Crippen LogP contribution >= 0.6 is 0 Å². The van der Waals surface area contributed by atoms with E-state index in [0.717, 1.165) is 12.1 Å². The Kier molecular flexibility index (Phi) is 4.23. The number of aromatic nitrogens is 2. The van der Waals surface area contributed by atoms with Crippen LogP contribution in [0, 0.1) is 5.41 Å². The zero-order chi connectivity index (χ0) is 13.0. The molecule has 0 spiro atoms. The van der Waals surface area contributed by atoms with Gasteiger partial charge in [0.25, 0.3) is 0 Å². The van der Waals surface area contributed by atoms with E-state index in [-0.39, 0.29) is 12.0 Å². The molecule has 18 heavy (non-hydrogen) atoms. The van der Waals surface area contributed by atoms with Crippen molar-refractivity contribution in [3.05, 3.63) is 30.6 Å². The van der Waals surface area contributed by atoms with Crippen molar-refractivity contribution in [3.63, 3.8) is 0 Å². The zero-order valence-corrected chi connectivity index (χ0v) is 11.3. The van der Waals surface area contributed by atoms with Crippen LogP contribution in [0.1, 0.15) is 50.8 Å².